The van der Waals surface area contributed by atoms with Crippen LogP contribution in [0, 0.1) is 13.8 Å². The molecule has 6 heteroatoms. The minimum Gasteiger partial charge on any atom is -0.459 e. The van der Waals surface area contributed by atoms with Gasteiger partial charge in [-0.2, -0.15) is 0 Å². The van der Waals surface area contributed by atoms with E-state index in [1.54, 1.807) is 17.8 Å². The first kappa shape index (κ1) is 18.2. The SMILES string of the molecule is Cc1ccc(SCCC(=O)OCc2cc(=O)n3c(C)cccc3n2)cc1. The molecular weight excluding hydrogens is 348 g/mol. The largest absolute Gasteiger partial charge is 0.459 e. The molecule has 3 rings (SSSR count). The van der Waals surface area contributed by atoms with Crippen LogP contribution < -0.4 is 5.56 Å². The van der Waals surface area contributed by atoms with Gasteiger partial charge in [0.1, 0.15) is 12.3 Å². The van der Waals surface area contributed by atoms with E-state index in [-0.39, 0.29) is 18.1 Å². The molecule has 0 radical (unpaired) electrons. The van der Waals surface area contributed by atoms with Gasteiger partial charge in [-0.25, -0.2) is 4.98 Å². The van der Waals surface area contributed by atoms with E-state index in [2.05, 4.69) is 4.98 Å². The number of hydrogen-bond donors (Lipinski definition) is 0. The highest BCUT2D eigenvalue weighted by Crippen LogP contribution is 2.19. The number of carbonyl (C=O) groups is 1. The van der Waals surface area contributed by atoms with Gasteiger partial charge in [-0.05, 0) is 38.1 Å². The van der Waals surface area contributed by atoms with Gasteiger partial charge >= 0.3 is 5.97 Å². The van der Waals surface area contributed by atoms with E-state index in [1.807, 2.05) is 50.2 Å². The van der Waals surface area contributed by atoms with Crippen LogP contribution in [0.25, 0.3) is 5.65 Å². The number of fused-ring (bicyclic) bond motifs is 1. The zero-order valence-electron chi connectivity index (χ0n) is 14.8. The second kappa shape index (κ2) is 8.19. The van der Waals surface area contributed by atoms with E-state index in [1.165, 1.54) is 16.0 Å². The van der Waals surface area contributed by atoms with Crippen LogP contribution >= 0.6 is 11.8 Å². The number of benzene rings is 1. The number of carbonyl (C=O) groups excluding carboxylic acids is 1. The van der Waals surface area contributed by atoms with Gasteiger partial charge in [-0.3, -0.25) is 14.0 Å². The van der Waals surface area contributed by atoms with Crippen molar-refractivity contribution in [3.8, 4) is 0 Å². The van der Waals surface area contributed by atoms with Crippen molar-refractivity contribution in [3.05, 3.63) is 75.8 Å². The smallest absolute Gasteiger partial charge is 0.307 e. The van der Waals surface area contributed by atoms with Crippen molar-refractivity contribution in [1.29, 1.82) is 0 Å². The zero-order chi connectivity index (χ0) is 18.5. The number of hydrogen-bond acceptors (Lipinski definition) is 5. The highest BCUT2D eigenvalue weighted by Gasteiger charge is 2.08. The number of thioether (sulfide) groups is 1. The van der Waals surface area contributed by atoms with E-state index < -0.39 is 0 Å². The van der Waals surface area contributed by atoms with E-state index in [9.17, 15) is 9.59 Å². The van der Waals surface area contributed by atoms with E-state index in [0.717, 1.165) is 10.6 Å². The highest BCUT2D eigenvalue weighted by atomic mass is 32.2. The number of rotatable bonds is 6. The second-order valence-electron chi connectivity index (χ2n) is 6.02. The lowest BCUT2D eigenvalue weighted by atomic mass is 10.2. The van der Waals surface area contributed by atoms with Gasteiger partial charge in [-0.1, -0.05) is 23.8 Å². The average molecular weight is 368 g/mol. The number of esters is 1. The molecule has 0 aliphatic rings. The third-order valence-electron chi connectivity index (χ3n) is 3.91. The van der Waals surface area contributed by atoms with Crippen molar-refractivity contribution in [2.24, 2.45) is 0 Å². The van der Waals surface area contributed by atoms with Crippen LogP contribution in [-0.4, -0.2) is 21.1 Å². The Balaban J connectivity index is 1.53. The first-order chi connectivity index (χ1) is 12.5. The summed E-state index contributed by atoms with van der Waals surface area (Å²) < 4.78 is 6.79. The monoisotopic (exact) mass is 368 g/mol. The maximum Gasteiger partial charge on any atom is 0.307 e. The summed E-state index contributed by atoms with van der Waals surface area (Å²) in [5.41, 5.74) is 2.87. The lowest BCUT2D eigenvalue weighted by molar-refractivity contribution is -0.144. The van der Waals surface area contributed by atoms with Crippen molar-refractivity contribution in [3.63, 3.8) is 0 Å². The molecule has 26 heavy (non-hydrogen) atoms. The van der Waals surface area contributed by atoms with Crippen molar-refractivity contribution in [2.75, 3.05) is 5.75 Å². The van der Waals surface area contributed by atoms with Gasteiger partial charge in [0.25, 0.3) is 5.56 Å². The second-order valence-corrected chi connectivity index (χ2v) is 7.19. The molecule has 0 saturated carbocycles. The van der Waals surface area contributed by atoms with Gasteiger partial charge in [0.15, 0.2) is 0 Å². The van der Waals surface area contributed by atoms with Gasteiger partial charge in [0.2, 0.25) is 0 Å². The van der Waals surface area contributed by atoms with Crippen LogP contribution in [0.4, 0.5) is 0 Å². The Morgan fingerprint density at radius 3 is 2.69 bits per heavy atom. The van der Waals surface area contributed by atoms with Gasteiger partial charge in [0.05, 0.1) is 12.1 Å². The summed E-state index contributed by atoms with van der Waals surface area (Å²) in [5.74, 6) is 0.352. The third kappa shape index (κ3) is 4.52. The fourth-order valence-corrected chi connectivity index (χ4v) is 3.38. The maximum atomic E-state index is 12.2. The van der Waals surface area contributed by atoms with Crippen molar-refractivity contribution >= 4 is 23.4 Å². The molecule has 134 valence electrons. The molecule has 0 spiro atoms. The van der Waals surface area contributed by atoms with E-state index >= 15 is 0 Å². The molecule has 0 saturated heterocycles. The Bertz CT molecular complexity index is 981. The van der Waals surface area contributed by atoms with Gasteiger partial charge < -0.3 is 4.74 Å². The minimum atomic E-state index is -0.296. The molecule has 0 N–H and O–H groups in total. The van der Waals surface area contributed by atoms with Crippen molar-refractivity contribution in [2.45, 2.75) is 31.8 Å². The number of nitrogens with zero attached hydrogens (tertiary/aromatic N) is 2. The Kier molecular flexibility index (Phi) is 5.73. The summed E-state index contributed by atoms with van der Waals surface area (Å²) in [6.07, 6.45) is 0.310. The fraction of sp³-hybridized carbons (Fsp3) is 0.250. The lowest BCUT2D eigenvalue weighted by Gasteiger charge is -2.07. The zero-order valence-corrected chi connectivity index (χ0v) is 15.6. The predicted octanol–water partition coefficient (Wildman–Crippen LogP) is 3.54. The number of ether oxygens (including phenoxy) is 1. The molecule has 3 aromatic rings. The maximum absolute atomic E-state index is 12.2. The molecule has 0 bridgehead atoms. The van der Waals surface area contributed by atoms with E-state index in [4.69, 9.17) is 4.74 Å². The van der Waals surface area contributed by atoms with Crippen LogP contribution in [0.1, 0.15) is 23.4 Å². The summed E-state index contributed by atoms with van der Waals surface area (Å²) in [6.45, 7) is 3.90. The quantitative estimate of drug-likeness (QED) is 0.492. The topological polar surface area (TPSA) is 60.7 Å². The first-order valence-corrected chi connectivity index (χ1v) is 9.35. The minimum absolute atomic E-state index is 0.00765. The van der Waals surface area contributed by atoms with E-state index in [0.29, 0.717) is 23.5 Å². The average Bonchev–Trinajstić information content (AvgIpc) is 2.61. The number of aryl methyl sites for hydroxylation is 2. The summed E-state index contributed by atoms with van der Waals surface area (Å²) in [4.78, 5) is 29.6. The lowest BCUT2D eigenvalue weighted by Crippen LogP contribution is -2.18. The van der Waals surface area contributed by atoms with Crippen LogP contribution in [0.5, 0.6) is 0 Å². The molecule has 2 aromatic heterocycles. The summed E-state index contributed by atoms with van der Waals surface area (Å²) >= 11 is 1.62. The molecule has 0 amide bonds. The number of pyridine rings is 1. The molecule has 0 atom stereocenters. The molecule has 5 nitrogen and oxygen atoms in total. The Labute approximate surface area is 156 Å². The normalized spacial score (nSPS) is 10.8. The highest BCUT2D eigenvalue weighted by molar-refractivity contribution is 7.99. The predicted molar refractivity (Wildman–Crippen MR) is 103 cm³/mol. The molecule has 0 aliphatic carbocycles. The summed E-state index contributed by atoms with van der Waals surface area (Å²) in [5, 5.41) is 0. The first-order valence-electron chi connectivity index (χ1n) is 8.36. The third-order valence-corrected chi connectivity index (χ3v) is 4.92. The Hall–Kier alpha value is -2.60. The molecule has 1 aromatic carbocycles. The summed E-state index contributed by atoms with van der Waals surface area (Å²) in [7, 11) is 0. The van der Waals surface area contributed by atoms with Crippen LogP contribution in [0.3, 0.4) is 0 Å². The summed E-state index contributed by atoms with van der Waals surface area (Å²) in [6, 6.07) is 15.0. The van der Waals surface area contributed by atoms with Crippen LogP contribution in [0.2, 0.25) is 0 Å². The van der Waals surface area contributed by atoms with Gasteiger partial charge in [-0.15, -0.1) is 11.8 Å². The fourth-order valence-electron chi connectivity index (χ4n) is 2.55. The molecule has 2 heterocycles. The van der Waals surface area contributed by atoms with Gasteiger partial charge in [0, 0.05) is 22.4 Å². The number of aromatic nitrogens is 2. The van der Waals surface area contributed by atoms with Crippen molar-refractivity contribution < 1.29 is 9.53 Å². The Morgan fingerprint density at radius 1 is 1.15 bits per heavy atom. The Morgan fingerprint density at radius 2 is 1.92 bits per heavy atom. The molecule has 0 unspecified atom stereocenters. The van der Waals surface area contributed by atoms with Crippen molar-refractivity contribution in [1.82, 2.24) is 9.38 Å². The molecular formula is C20H20N2O3S. The molecule has 0 aliphatic heterocycles. The van der Waals surface area contributed by atoms with Crippen LogP contribution in [0.15, 0.2) is 58.2 Å². The standard InChI is InChI=1S/C20H20N2O3S/c1-14-6-8-17(9-7-14)26-11-10-20(24)25-13-16-12-19(23)22-15(2)4-3-5-18(22)21-16/h3-9,12H,10-11,13H2,1-2H3. The van der Waals surface area contributed by atoms with Crippen LogP contribution in [-0.2, 0) is 16.1 Å². The molecule has 0 fully saturated rings.